The molecule has 0 saturated heterocycles. The second-order valence-corrected chi connectivity index (χ2v) is 6.17. The first-order valence-corrected chi connectivity index (χ1v) is 6.37. The summed E-state index contributed by atoms with van der Waals surface area (Å²) in [4.78, 5) is 0. The van der Waals surface area contributed by atoms with Gasteiger partial charge in [-0.3, -0.25) is 0 Å². The van der Waals surface area contributed by atoms with Crippen LogP contribution in [0.4, 0.5) is 0 Å². The van der Waals surface area contributed by atoms with Gasteiger partial charge in [0.05, 0.1) is 5.60 Å². The predicted molar refractivity (Wildman–Crippen MR) is 66.4 cm³/mol. The van der Waals surface area contributed by atoms with Gasteiger partial charge in [0.25, 0.3) is 0 Å². The standard InChI is InChI=1S/C11H21N3OS/c1-8(2)12-6-9-13-14-10(16-9)7-15-11(3,4)5/h8,12H,6-7H2,1-5H3. The SMILES string of the molecule is CC(C)NCc1nnc(COC(C)(C)C)s1. The van der Waals surface area contributed by atoms with Gasteiger partial charge in [-0.25, -0.2) is 0 Å². The lowest BCUT2D eigenvalue weighted by atomic mass is 10.2. The summed E-state index contributed by atoms with van der Waals surface area (Å²) in [5.41, 5.74) is -0.123. The molecule has 4 nitrogen and oxygen atoms in total. The second kappa shape index (κ2) is 5.70. The van der Waals surface area contributed by atoms with E-state index >= 15 is 0 Å². The molecule has 1 rings (SSSR count). The summed E-state index contributed by atoms with van der Waals surface area (Å²) in [6, 6.07) is 0.471. The number of nitrogens with zero attached hydrogens (tertiary/aromatic N) is 2. The summed E-state index contributed by atoms with van der Waals surface area (Å²) < 4.78 is 5.64. The number of rotatable bonds is 5. The molecule has 1 aromatic rings. The van der Waals surface area contributed by atoms with Crippen LogP contribution in [-0.4, -0.2) is 21.8 Å². The van der Waals surface area contributed by atoms with Crippen molar-refractivity contribution in [1.29, 1.82) is 0 Å². The number of ether oxygens (including phenoxy) is 1. The molecule has 16 heavy (non-hydrogen) atoms. The van der Waals surface area contributed by atoms with Crippen LogP contribution in [0, 0.1) is 0 Å². The molecular formula is C11H21N3OS. The monoisotopic (exact) mass is 243 g/mol. The van der Waals surface area contributed by atoms with E-state index in [0.717, 1.165) is 16.6 Å². The molecule has 1 aromatic heterocycles. The van der Waals surface area contributed by atoms with Crippen molar-refractivity contribution in [2.75, 3.05) is 0 Å². The van der Waals surface area contributed by atoms with Gasteiger partial charge in [-0.15, -0.1) is 10.2 Å². The summed E-state index contributed by atoms with van der Waals surface area (Å²) >= 11 is 1.61. The first kappa shape index (κ1) is 13.5. The third kappa shape index (κ3) is 5.53. The number of hydrogen-bond donors (Lipinski definition) is 1. The molecule has 0 amide bonds. The van der Waals surface area contributed by atoms with Crippen LogP contribution in [0.5, 0.6) is 0 Å². The smallest absolute Gasteiger partial charge is 0.143 e. The molecule has 92 valence electrons. The lowest BCUT2D eigenvalue weighted by molar-refractivity contribution is -0.0152. The topological polar surface area (TPSA) is 47.0 Å². The summed E-state index contributed by atoms with van der Waals surface area (Å²) in [5.74, 6) is 0. The zero-order chi connectivity index (χ0) is 12.2. The molecular weight excluding hydrogens is 222 g/mol. The minimum absolute atomic E-state index is 0.123. The van der Waals surface area contributed by atoms with E-state index in [4.69, 9.17) is 4.74 Å². The maximum Gasteiger partial charge on any atom is 0.143 e. The van der Waals surface area contributed by atoms with Gasteiger partial charge < -0.3 is 10.1 Å². The van der Waals surface area contributed by atoms with Crippen LogP contribution in [0.25, 0.3) is 0 Å². The molecule has 0 aliphatic carbocycles. The van der Waals surface area contributed by atoms with Gasteiger partial charge in [0.2, 0.25) is 0 Å². The molecule has 0 aliphatic rings. The Morgan fingerprint density at radius 3 is 2.44 bits per heavy atom. The van der Waals surface area contributed by atoms with Crippen LogP contribution in [0.3, 0.4) is 0 Å². The fourth-order valence-electron chi connectivity index (χ4n) is 0.988. The van der Waals surface area contributed by atoms with Crippen LogP contribution in [0.1, 0.15) is 44.6 Å². The average molecular weight is 243 g/mol. The van der Waals surface area contributed by atoms with Crippen molar-refractivity contribution in [2.45, 2.75) is 59.4 Å². The van der Waals surface area contributed by atoms with E-state index in [-0.39, 0.29) is 5.60 Å². The normalized spacial score (nSPS) is 12.4. The Kier molecular flexibility index (Phi) is 4.83. The molecule has 1 heterocycles. The van der Waals surface area contributed by atoms with E-state index in [1.807, 2.05) is 20.8 Å². The molecule has 0 bridgehead atoms. The van der Waals surface area contributed by atoms with Gasteiger partial charge >= 0.3 is 0 Å². The summed E-state index contributed by atoms with van der Waals surface area (Å²) in [7, 11) is 0. The Labute approximate surface area is 101 Å². The van der Waals surface area contributed by atoms with Gasteiger partial charge in [0, 0.05) is 12.6 Å². The first-order valence-electron chi connectivity index (χ1n) is 5.55. The Bertz CT molecular complexity index is 317. The molecule has 0 spiro atoms. The molecule has 0 aliphatic heterocycles. The third-order valence-corrected chi connectivity index (χ3v) is 2.70. The van der Waals surface area contributed by atoms with Crippen LogP contribution < -0.4 is 5.32 Å². The van der Waals surface area contributed by atoms with Crippen molar-refractivity contribution in [3.05, 3.63) is 10.0 Å². The van der Waals surface area contributed by atoms with Crippen molar-refractivity contribution in [1.82, 2.24) is 15.5 Å². The van der Waals surface area contributed by atoms with Gasteiger partial charge in [-0.1, -0.05) is 25.2 Å². The number of hydrogen-bond acceptors (Lipinski definition) is 5. The molecule has 5 heteroatoms. The highest BCUT2D eigenvalue weighted by molar-refractivity contribution is 7.11. The Morgan fingerprint density at radius 2 is 1.88 bits per heavy atom. The molecule has 0 unspecified atom stereocenters. The highest BCUT2D eigenvalue weighted by Crippen LogP contribution is 2.15. The quantitative estimate of drug-likeness (QED) is 0.862. The van der Waals surface area contributed by atoms with Crippen LogP contribution >= 0.6 is 11.3 Å². The van der Waals surface area contributed by atoms with E-state index in [1.165, 1.54) is 0 Å². The zero-order valence-corrected chi connectivity index (χ0v) is 11.5. The van der Waals surface area contributed by atoms with Crippen molar-refractivity contribution < 1.29 is 4.74 Å². The fraction of sp³-hybridized carbons (Fsp3) is 0.818. The van der Waals surface area contributed by atoms with Gasteiger partial charge in [-0.2, -0.15) is 0 Å². The maximum absolute atomic E-state index is 5.64. The molecule has 0 radical (unpaired) electrons. The lowest BCUT2D eigenvalue weighted by Gasteiger charge is -2.17. The minimum Gasteiger partial charge on any atom is -0.369 e. The number of nitrogens with one attached hydrogen (secondary N) is 1. The second-order valence-electron chi connectivity index (χ2n) is 5.03. The Balaban J connectivity index is 2.39. The van der Waals surface area contributed by atoms with E-state index in [9.17, 15) is 0 Å². The summed E-state index contributed by atoms with van der Waals surface area (Å²) in [6.07, 6.45) is 0. The lowest BCUT2D eigenvalue weighted by Crippen LogP contribution is -2.21. The van der Waals surface area contributed by atoms with Crippen molar-refractivity contribution in [3.8, 4) is 0 Å². The van der Waals surface area contributed by atoms with E-state index < -0.39 is 0 Å². The fourth-order valence-corrected chi connectivity index (χ4v) is 1.70. The predicted octanol–water partition coefficient (Wildman–Crippen LogP) is 2.35. The molecule has 0 atom stereocenters. The highest BCUT2D eigenvalue weighted by Gasteiger charge is 2.12. The molecule has 0 aromatic carbocycles. The van der Waals surface area contributed by atoms with E-state index in [0.29, 0.717) is 12.6 Å². The van der Waals surface area contributed by atoms with Crippen LogP contribution in [0.2, 0.25) is 0 Å². The first-order chi connectivity index (χ1) is 7.37. The van der Waals surface area contributed by atoms with Crippen LogP contribution in [0.15, 0.2) is 0 Å². The van der Waals surface area contributed by atoms with Gasteiger partial charge in [0.15, 0.2) is 0 Å². The molecule has 0 saturated carbocycles. The summed E-state index contributed by atoms with van der Waals surface area (Å²) in [5, 5.41) is 13.5. The summed E-state index contributed by atoms with van der Waals surface area (Å²) in [6.45, 7) is 11.7. The Hall–Kier alpha value is -0.520. The van der Waals surface area contributed by atoms with Gasteiger partial charge in [0.1, 0.15) is 16.6 Å². The largest absolute Gasteiger partial charge is 0.369 e. The van der Waals surface area contributed by atoms with Gasteiger partial charge in [-0.05, 0) is 20.8 Å². The highest BCUT2D eigenvalue weighted by atomic mass is 32.1. The zero-order valence-electron chi connectivity index (χ0n) is 10.7. The van der Waals surface area contributed by atoms with Crippen molar-refractivity contribution >= 4 is 11.3 Å². The molecule has 1 N–H and O–H groups in total. The Morgan fingerprint density at radius 1 is 1.25 bits per heavy atom. The van der Waals surface area contributed by atoms with E-state index in [1.54, 1.807) is 11.3 Å². The average Bonchev–Trinajstić information content (AvgIpc) is 2.58. The minimum atomic E-state index is -0.123. The third-order valence-electron chi connectivity index (χ3n) is 1.80. The molecule has 0 fully saturated rings. The van der Waals surface area contributed by atoms with E-state index in [2.05, 4.69) is 29.4 Å². The maximum atomic E-state index is 5.64. The van der Waals surface area contributed by atoms with Crippen molar-refractivity contribution in [3.63, 3.8) is 0 Å². The van der Waals surface area contributed by atoms with Crippen LogP contribution in [-0.2, 0) is 17.9 Å². The number of aromatic nitrogens is 2. The van der Waals surface area contributed by atoms with Crippen molar-refractivity contribution in [2.24, 2.45) is 0 Å².